The van der Waals surface area contributed by atoms with Crippen molar-refractivity contribution in [3.63, 3.8) is 0 Å². The van der Waals surface area contributed by atoms with Crippen molar-refractivity contribution in [3.8, 4) is 5.75 Å². The molecule has 1 atom stereocenters. The second-order valence-corrected chi connectivity index (χ2v) is 5.22. The first-order valence-electron chi connectivity index (χ1n) is 6.44. The average Bonchev–Trinajstić information content (AvgIpc) is 2.28. The molecular formula is C15H25NO. The Hall–Kier alpha value is -1.18. The molecule has 0 amide bonds. The molecule has 1 aromatic rings. The van der Waals surface area contributed by atoms with Gasteiger partial charge in [0.05, 0.1) is 12.8 Å². The van der Waals surface area contributed by atoms with Crippen LogP contribution in [0, 0.1) is 12.8 Å². The van der Waals surface area contributed by atoms with Crippen LogP contribution in [-0.4, -0.2) is 13.2 Å². The zero-order chi connectivity index (χ0) is 12.8. The Morgan fingerprint density at radius 2 is 1.88 bits per heavy atom. The number of aryl methyl sites for hydroxylation is 1. The number of ether oxygens (including phenoxy) is 1. The van der Waals surface area contributed by atoms with Gasteiger partial charge in [-0.15, -0.1) is 0 Å². The summed E-state index contributed by atoms with van der Waals surface area (Å²) in [5, 5.41) is 3.52. The molecule has 0 aliphatic carbocycles. The lowest BCUT2D eigenvalue weighted by Gasteiger charge is -2.18. The normalized spacial score (nSPS) is 12.6. The van der Waals surface area contributed by atoms with Crippen molar-refractivity contribution in [3.05, 3.63) is 23.8 Å². The Morgan fingerprint density at radius 3 is 2.47 bits per heavy atom. The van der Waals surface area contributed by atoms with Crippen molar-refractivity contribution in [1.29, 1.82) is 0 Å². The maximum absolute atomic E-state index is 5.39. The van der Waals surface area contributed by atoms with E-state index in [4.69, 9.17) is 4.74 Å². The number of rotatable bonds is 6. The lowest BCUT2D eigenvalue weighted by atomic mass is 10.0. The van der Waals surface area contributed by atoms with Gasteiger partial charge in [0.1, 0.15) is 5.75 Å². The van der Waals surface area contributed by atoms with Crippen LogP contribution < -0.4 is 10.1 Å². The minimum absolute atomic E-state index is 0.481. The minimum Gasteiger partial charge on any atom is -0.495 e. The Balaban J connectivity index is 2.61. The van der Waals surface area contributed by atoms with Crippen LogP contribution in [0.5, 0.6) is 5.75 Å². The van der Waals surface area contributed by atoms with Crippen LogP contribution in [0.3, 0.4) is 0 Å². The molecule has 0 radical (unpaired) electrons. The van der Waals surface area contributed by atoms with Gasteiger partial charge in [0.15, 0.2) is 0 Å². The van der Waals surface area contributed by atoms with E-state index in [-0.39, 0.29) is 0 Å². The number of anilines is 1. The minimum atomic E-state index is 0.481. The van der Waals surface area contributed by atoms with Gasteiger partial charge < -0.3 is 10.1 Å². The van der Waals surface area contributed by atoms with E-state index in [9.17, 15) is 0 Å². The van der Waals surface area contributed by atoms with Crippen LogP contribution in [0.2, 0.25) is 0 Å². The van der Waals surface area contributed by atoms with Gasteiger partial charge in [0, 0.05) is 6.04 Å². The van der Waals surface area contributed by atoms with E-state index in [1.165, 1.54) is 18.4 Å². The molecule has 96 valence electrons. The summed E-state index contributed by atoms with van der Waals surface area (Å²) in [4.78, 5) is 0. The predicted octanol–water partition coefficient (Wildman–Crippen LogP) is 4.24. The number of methoxy groups -OCH3 is 1. The molecule has 0 heterocycles. The van der Waals surface area contributed by atoms with Gasteiger partial charge >= 0.3 is 0 Å². The van der Waals surface area contributed by atoms with Gasteiger partial charge in [-0.25, -0.2) is 0 Å². The second kappa shape index (κ2) is 6.53. The van der Waals surface area contributed by atoms with Crippen molar-refractivity contribution < 1.29 is 4.74 Å². The highest BCUT2D eigenvalue weighted by Crippen LogP contribution is 2.26. The molecule has 1 aromatic carbocycles. The SMILES string of the molecule is COc1cc(C)ccc1NC(C)CCC(C)C. The summed E-state index contributed by atoms with van der Waals surface area (Å²) in [6.45, 7) is 8.83. The zero-order valence-electron chi connectivity index (χ0n) is 11.7. The van der Waals surface area contributed by atoms with Crippen LogP contribution in [0.25, 0.3) is 0 Å². The maximum atomic E-state index is 5.39. The summed E-state index contributed by atoms with van der Waals surface area (Å²) in [7, 11) is 1.72. The summed E-state index contributed by atoms with van der Waals surface area (Å²) >= 11 is 0. The first kappa shape index (κ1) is 13.9. The molecule has 0 bridgehead atoms. The van der Waals surface area contributed by atoms with Gasteiger partial charge in [0.2, 0.25) is 0 Å². The van der Waals surface area contributed by atoms with Crippen LogP contribution >= 0.6 is 0 Å². The van der Waals surface area contributed by atoms with Gasteiger partial charge in [0.25, 0.3) is 0 Å². The highest BCUT2D eigenvalue weighted by atomic mass is 16.5. The van der Waals surface area contributed by atoms with E-state index in [1.807, 2.05) is 0 Å². The number of nitrogens with one attached hydrogen (secondary N) is 1. The first-order chi connectivity index (χ1) is 8.02. The zero-order valence-corrected chi connectivity index (χ0v) is 11.7. The maximum Gasteiger partial charge on any atom is 0.142 e. The average molecular weight is 235 g/mol. The third-order valence-corrected chi connectivity index (χ3v) is 2.94. The molecular weight excluding hydrogens is 210 g/mol. The van der Waals surface area contributed by atoms with Crippen molar-refractivity contribution in [2.75, 3.05) is 12.4 Å². The Bertz CT molecular complexity index is 347. The highest BCUT2D eigenvalue weighted by molar-refractivity contribution is 5.58. The monoisotopic (exact) mass is 235 g/mol. The predicted molar refractivity (Wildman–Crippen MR) is 74.9 cm³/mol. The number of hydrogen-bond donors (Lipinski definition) is 1. The summed E-state index contributed by atoms with van der Waals surface area (Å²) in [5.41, 5.74) is 2.32. The van der Waals surface area contributed by atoms with Gasteiger partial charge in [-0.1, -0.05) is 19.9 Å². The molecule has 2 heteroatoms. The third-order valence-electron chi connectivity index (χ3n) is 2.94. The standard InChI is InChI=1S/C15H25NO/c1-11(2)6-8-13(4)16-14-9-7-12(3)10-15(14)17-5/h7,9-11,13,16H,6,8H2,1-5H3. The number of hydrogen-bond acceptors (Lipinski definition) is 2. The fraction of sp³-hybridized carbons (Fsp3) is 0.600. The molecule has 0 aromatic heterocycles. The van der Waals surface area contributed by atoms with Crippen molar-refractivity contribution in [2.45, 2.75) is 46.6 Å². The molecule has 1 unspecified atom stereocenters. The second-order valence-electron chi connectivity index (χ2n) is 5.22. The Morgan fingerprint density at radius 1 is 1.18 bits per heavy atom. The summed E-state index contributed by atoms with van der Waals surface area (Å²) < 4.78 is 5.39. The van der Waals surface area contributed by atoms with Gasteiger partial charge in [-0.05, 0) is 50.3 Å². The van der Waals surface area contributed by atoms with Crippen LogP contribution in [0.1, 0.15) is 39.2 Å². The molecule has 1 N–H and O–H groups in total. The molecule has 1 rings (SSSR count). The molecule has 0 aliphatic rings. The van der Waals surface area contributed by atoms with E-state index in [0.717, 1.165) is 17.4 Å². The van der Waals surface area contributed by atoms with E-state index in [2.05, 4.69) is 51.2 Å². The smallest absolute Gasteiger partial charge is 0.142 e. The van der Waals surface area contributed by atoms with E-state index in [0.29, 0.717) is 6.04 Å². The fourth-order valence-corrected chi connectivity index (χ4v) is 1.84. The van der Waals surface area contributed by atoms with E-state index < -0.39 is 0 Å². The van der Waals surface area contributed by atoms with Crippen LogP contribution in [0.4, 0.5) is 5.69 Å². The molecule has 2 nitrogen and oxygen atoms in total. The van der Waals surface area contributed by atoms with Crippen molar-refractivity contribution >= 4 is 5.69 Å². The molecule has 0 fully saturated rings. The molecule has 0 aliphatic heterocycles. The fourth-order valence-electron chi connectivity index (χ4n) is 1.84. The van der Waals surface area contributed by atoms with E-state index >= 15 is 0 Å². The summed E-state index contributed by atoms with van der Waals surface area (Å²) in [6.07, 6.45) is 2.44. The summed E-state index contributed by atoms with van der Waals surface area (Å²) in [5.74, 6) is 1.69. The molecule has 0 spiro atoms. The lowest BCUT2D eigenvalue weighted by molar-refractivity contribution is 0.415. The topological polar surface area (TPSA) is 21.3 Å². The molecule has 0 saturated heterocycles. The molecule has 17 heavy (non-hydrogen) atoms. The van der Waals surface area contributed by atoms with Gasteiger partial charge in [-0.3, -0.25) is 0 Å². The number of benzene rings is 1. The first-order valence-corrected chi connectivity index (χ1v) is 6.44. The largest absolute Gasteiger partial charge is 0.495 e. The Kier molecular flexibility index (Phi) is 5.33. The quantitative estimate of drug-likeness (QED) is 0.796. The lowest BCUT2D eigenvalue weighted by Crippen LogP contribution is -2.16. The van der Waals surface area contributed by atoms with Crippen molar-refractivity contribution in [2.24, 2.45) is 5.92 Å². The van der Waals surface area contributed by atoms with Crippen LogP contribution in [-0.2, 0) is 0 Å². The van der Waals surface area contributed by atoms with Crippen LogP contribution in [0.15, 0.2) is 18.2 Å². The highest BCUT2D eigenvalue weighted by Gasteiger charge is 2.07. The Labute approximate surface area is 105 Å². The van der Waals surface area contributed by atoms with Crippen molar-refractivity contribution in [1.82, 2.24) is 0 Å². The van der Waals surface area contributed by atoms with E-state index in [1.54, 1.807) is 7.11 Å². The summed E-state index contributed by atoms with van der Waals surface area (Å²) in [6, 6.07) is 6.76. The third kappa shape index (κ3) is 4.68. The van der Waals surface area contributed by atoms with Gasteiger partial charge in [-0.2, -0.15) is 0 Å². The molecule has 0 saturated carbocycles.